The zero-order chi connectivity index (χ0) is 27.5. The third-order valence-corrected chi connectivity index (χ3v) is 10.2. The largest absolute Gasteiger partial charge is 0.507 e. The molecule has 1 aliphatic heterocycles. The molecule has 0 bridgehead atoms. The molecular weight excluding hydrogens is 500 g/mol. The fourth-order valence-corrected chi connectivity index (χ4v) is 7.29. The topological polar surface area (TPSA) is 69.6 Å². The molecule has 37 heavy (non-hydrogen) atoms. The number of unbranched alkanes of at least 4 members (excludes halogenated alkanes) is 9. The number of aryl methyl sites for hydroxylation is 1. The Kier molecular flexibility index (Phi) is 13.2. The van der Waals surface area contributed by atoms with Gasteiger partial charge in [-0.1, -0.05) is 64.7 Å². The van der Waals surface area contributed by atoms with Gasteiger partial charge < -0.3 is 20.1 Å². The van der Waals surface area contributed by atoms with Gasteiger partial charge in [-0.15, -0.1) is 23.5 Å². The number of carbonyl (C=O) groups is 2. The van der Waals surface area contributed by atoms with E-state index in [0.717, 1.165) is 40.8 Å². The van der Waals surface area contributed by atoms with E-state index in [4.69, 9.17) is 0 Å². The van der Waals surface area contributed by atoms with Crippen LogP contribution in [0.1, 0.15) is 102 Å². The molecule has 0 saturated carbocycles. The lowest BCUT2D eigenvalue weighted by molar-refractivity contribution is -0.139. The average Bonchev–Trinajstić information content (AvgIpc) is 3.30. The van der Waals surface area contributed by atoms with Gasteiger partial charge in [-0.3, -0.25) is 4.79 Å². The summed E-state index contributed by atoms with van der Waals surface area (Å²) >= 11 is 3.36. The van der Waals surface area contributed by atoms with E-state index in [-0.39, 0.29) is 5.91 Å². The zero-order valence-electron chi connectivity index (χ0n) is 24.1. The number of benzene rings is 1. The fraction of sp³-hybridized carbons (Fsp3) is 0.733. The van der Waals surface area contributed by atoms with Crippen LogP contribution in [-0.2, 0) is 9.59 Å². The van der Waals surface area contributed by atoms with Crippen molar-refractivity contribution >= 4 is 41.4 Å². The number of phenolic OH excluding ortho intramolecular Hbond substituents is 1. The number of carbonyl (C=O) groups excluding carboxylic acids is 2. The summed E-state index contributed by atoms with van der Waals surface area (Å²) in [6, 6.07) is 1.91. The van der Waals surface area contributed by atoms with Gasteiger partial charge in [-0.25, -0.2) is 0 Å². The third kappa shape index (κ3) is 8.84. The van der Waals surface area contributed by atoms with Crippen molar-refractivity contribution in [2.45, 2.75) is 116 Å². The van der Waals surface area contributed by atoms with E-state index in [9.17, 15) is 14.7 Å². The van der Waals surface area contributed by atoms with Crippen LogP contribution in [0.5, 0.6) is 5.75 Å². The van der Waals surface area contributed by atoms with Gasteiger partial charge in [0.15, 0.2) is 0 Å². The molecule has 1 saturated heterocycles. The number of aldehydes is 1. The number of amides is 1. The molecule has 7 heteroatoms. The molecule has 1 aromatic carbocycles. The number of thioether (sulfide) groups is 2. The minimum absolute atomic E-state index is 0.0401. The first-order valence-electron chi connectivity index (χ1n) is 14.1. The van der Waals surface area contributed by atoms with E-state index in [1.165, 1.54) is 57.8 Å². The van der Waals surface area contributed by atoms with Crippen LogP contribution >= 0.6 is 23.5 Å². The number of nitrogens with one attached hydrogen (secondary N) is 1. The van der Waals surface area contributed by atoms with Gasteiger partial charge in [0.05, 0.1) is 10.6 Å². The Hall–Kier alpha value is -1.34. The number of aromatic hydroxyl groups is 1. The van der Waals surface area contributed by atoms with Crippen LogP contribution in [0.15, 0.2) is 6.07 Å². The number of hydrogen-bond donors (Lipinski definition) is 2. The van der Waals surface area contributed by atoms with Gasteiger partial charge in [-0.05, 0) is 69.5 Å². The fourth-order valence-electron chi connectivity index (χ4n) is 4.87. The molecule has 1 aliphatic rings. The first-order chi connectivity index (χ1) is 17.6. The number of phenols is 1. The van der Waals surface area contributed by atoms with Crippen LogP contribution in [0.4, 0.5) is 5.69 Å². The second-order valence-corrected chi connectivity index (χ2v) is 13.8. The summed E-state index contributed by atoms with van der Waals surface area (Å²) in [6.07, 6.45) is 14.0. The molecule has 0 radical (unpaired) electrons. The molecule has 1 amide bonds. The SMILES string of the molecule is CCCCCCCCCCCCSC(C)(C)C(=O)N1CSCC1(C=O)CNc1cc(C)c(O)c(C)c1C. The van der Waals surface area contributed by atoms with Crippen molar-refractivity contribution in [2.24, 2.45) is 0 Å². The van der Waals surface area contributed by atoms with Crippen LogP contribution in [0.25, 0.3) is 0 Å². The summed E-state index contributed by atoms with van der Waals surface area (Å²) in [4.78, 5) is 27.9. The molecular formula is C30H50N2O3S2. The molecule has 210 valence electrons. The number of rotatable bonds is 17. The normalized spacial score (nSPS) is 17.8. The van der Waals surface area contributed by atoms with E-state index in [1.807, 2.05) is 40.7 Å². The third-order valence-electron chi connectivity index (χ3n) is 7.69. The second-order valence-electron chi connectivity index (χ2n) is 11.2. The van der Waals surface area contributed by atoms with Crippen molar-refractivity contribution < 1.29 is 14.7 Å². The van der Waals surface area contributed by atoms with E-state index in [2.05, 4.69) is 12.2 Å². The highest BCUT2D eigenvalue weighted by Gasteiger charge is 2.48. The highest BCUT2D eigenvalue weighted by atomic mass is 32.2. The molecule has 1 heterocycles. The minimum Gasteiger partial charge on any atom is -0.507 e. The second kappa shape index (κ2) is 15.3. The van der Waals surface area contributed by atoms with Crippen molar-refractivity contribution in [1.29, 1.82) is 0 Å². The Morgan fingerprint density at radius 3 is 2.27 bits per heavy atom. The quantitative estimate of drug-likeness (QED) is 0.118. The maximum absolute atomic E-state index is 13.7. The molecule has 0 aromatic heterocycles. The van der Waals surface area contributed by atoms with Crippen molar-refractivity contribution in [3.8, 4) is 5.75 Å². The monoisotopic (exact) mass is 550 g/mol. The number of nitrogens with zero attached hydrogens (tertiary/aromatic N) is 1. The predicted molar refractivity (Wildman–Crippen MR) is 162 cm³/mol. The Balaban J connectivity index is 1.86. The summed E-state index contributed by atoms with van der Waals surface area (Å²) in [5.41, 5.74) is 2.61. The predicted octanol–water partition coefficient (Wildman–Crippen LogP) is 7.63. The maximum atomic E-state index is 13.7. The van der Waals surface area contributed by atoms with Crippen LogP contribution < -0.4 is 5.32 Å². The Labute approximate surface area is 234 Å². The molecule has 2 rings (SSSR count). The van der Waals surface area contributed by atoms with E-state index in [1.54, 1.807) is 28.4 Å². The standard InChI is InChI=1S/C30H50N2O3S2/c1-7-8-9-10-11-12-13-14-15-16-17-37-29(5,6)28(35)32-22-36-21-30(32,20-33)19-31-26-18-23(2)27(34)25(4)24(26)3/h18,20,31,34H,7-17,19,21-22H2,1-6H3. The lowest BCUT2D eigenvalue weighted by Crippen LogP contribution is -2.58. The highest BCUT2D eigenvalue weighted by Crippen LogP contribution is 2.37. The van der Waals surface area contributed by atoms with E-state index >= 15 is 0 Å². The van der Waals surface area contributed by atoms with E-state index < -0.39 is 10.3 Å². The van der Waals surface area contributed by atoms with Gasteiger partial charge in [-0.2, -0.15) is 0 Å². The van der Waals surface area contributed by atoms with Gasteiger partial charge in [0.2, 0.25) is 5.91 Å². The molecule has 1 atom stereocenters. The van der Waals surface area contributed by atoms with Gasteiger partial charge in [0, 0.05) is 18.0 Å². The molecule has 2 N–H and O–H groups in total. The molecule has 1 fully saturated rings. The summed E-state index contributed by atoms with van der Waals surface area (Å²) in [6.45, 7) is 12.3. The highest BCUT2D eigenvalue weighted by molar-refractivity contribution is 8.01. The summed E-state index contributed by atoms with van der Waals surface area (Å²) in [5, 5.41) is 13.7. The summed E-state index contributed by atoms with van der Waals surface area (Å²) < 4.78 is -0.569. The van der Waals surface area contributed by atoms with Crippen molar-refractivity contribution in [3.05, 3.63) is 22.8 Å². The van der Waals surface area contributed by atoms with Crippen molar-refractivity contribution in [1.82, 2.24) is 4.90 Å². The average molecular weight is 551 g/mol. The van der Waals surface area contributed by atoms with Crippen LogP contribution in [0, 0.1) is 20.8 Å². The molecule has 1 aromatic rings. The lowest BCUT2D eigenvalue weighted by atomic mass is 9.98. The summed E-state index contributed by atoms with van der Waals surface area (Å²) in [7, 11) is 0. The molecule has 0 aliphatic carbocycles. The van der Waals surface area contributed by atoms with Gasteiger partial charge >= 0.3 is 0 Å². The molecule has 5 nitrogen and oxygen atoms in total. The van der Waals surface area contributed by atoms with Crippen LogP contribution in [0.2, 0.25) is 0 Å². The zero-order valence-corrected chi connectivity index (χ0v) is 25.7. The Morgan fingerprint density at radius 2 is 1.68 bits per heavy atom. The minimum atomic E-state index is -0.872. The molecule has 0 spiro atoms. The van der Waals surface area contributed by atoms with E-state index in [0.29, 0.717) is 23.9 Å². The van der Waals surface area contributed by atoms with Crippen LogP contribution in [0.3, 0.4) is 0 Å². The van der Waals surface area contributed by atoms with Crippen molar-refractivity contribution in [2.75, 3.05) is 29.2 Å². The Morgan fingerprint density at radius 1 is 1.08 bits per heavy atom. The first-order valence-corrected chi connectivity index (χ1v) is 16.3. The van der Waals surface area contributed by atoms with Gasteiger partial charge in [0.25, 0.3) is 0 Å². The number of hydrogen-bond acceptors (Lipinski definition) is 6. The van der Waals surface area contributed by atoms with Crippen LogP contribution in [-0.4, -0.2) is 56.4 Å². The maximum Gasteiger partial charge on any atom is 0.239 e. The number of anilines is 1. The molecule has 1 unspecified atom stereocenters. The van der Waals surface area contributed by atoms with Gasteiger partial charge in [0.1, 0.15) is 17.6 Å². The Bertz CT molecular complexity index is 890. The summed E-state index contributed by atoms with van der Waals surface area (Å²) in [5.74, 6) is 2.44. The smallest absolute Gasteiger partial charge is 0.239 e. The lowest BCUT2D eigenvalue weighted by Gasteiger charge is -2.38. The van der Waals surface area contributed by atoms with Crippen molar-refractivity contribution in [3.63, 3.8) is 0 Å². The first kappa shape index (κ1) is 31.9.